The molecule has 4 heteroatoms. The van der Waals surface area contributed by atoms with E-state index >= 15 is 0 Å². The van der Waals surface area contributed by atoms with Crippen molar-refractivity contribution < 1.29 is 0 Å². The lowest BCUT2D eigenvalue weighted by atomic mass is 10.1. The Morgan fingerprint density at radius 2 is 1.95 bits per heavy atom. The summed E-state index contributed by atoms with van der Waals surface area (Å²) >= 11 is 1.78. The first-order chi connectivity index (χ1) is 9.61. The van der Waals surface area contributed by atoms with E-state index in [9.17, 15) is 0 Å². The summed E-state index contributed by atoms with van der Waals surface area (Å²) in [6.45, 7) is 6.35. The highest BCUT2D eigenvalue weighted by atomic mass is 32.1. The van der Waals surface area contributed by atoms with E-state index < -0.39 is 0 Å². The summed E-state index contributed by atoms with van der Waals surface area (Å²) in [5.74, 6) is 0.636. The second-order valence-corrected chi connectivity index (χ2v) is 6.50. The van der Waals surface area contributed by atoms with Gasteiger partial charge in [0.2, 0.25) is 0 Å². The molecule has 0 unspecified atom stereocenters. The molecule has 0 amide bonds. The molecular weight excluding hydrogens is 266 g/mol. The molecule has 0 aliphatic heterocycles. The van der Waals surface area contributed by atoms with Crippen molar-refractivity contribution in [2.24, 2.45) is 5.92 Å². The van der Waals surface area contributed by atoms with E-state index in [-0.39, 0.29) is 0 Å². The van der Waals surface area contributed by atoms with Crippen molar-refractivity contribution in [1.82, 2.24) is 10.3 Å². The molecule has 0 radical (unpaired) electrons. The molecule has 2 rings (SSSR count). The summed E-state index contributed by atoms with van der Waals surface area (Å²) in [6.07, 6.45) is 0. The fraction of sp³-hybridized carbons (Fsp3) is 0.438. The molecule has 0 atom stereocenters. The highest BCUT2D eigenvalue weighted by Gasteiger charge is 2.15. The number of benzene rings is 1. The van der Waals surface area contributed by atoms with Gasteiger partial charge in [-0.25, -0.2) is 4.98 Å². The van der Waals surface area contributed by atoms with Gasteiger partial charge < -0.3 is 10.2 Å². The number of rotatable bonds is 6. The van der Waals surface area contributed by atoms with Gasteiger partial charge in [0.25, 0.3) is 0 Å². The minimum Gasteiger partial charge on any atom is -0.351 e. The maximum atomic E-state index is 4.86. The topological polar surface area (TPSA) is 28.2 Å². The second kappa shape index (κ2) is 6.86. The normalized spacial score (nSPS) is 11.1. The van der Waals surface area contributed by atoms with Gasteiger partial charge in [0.15, 0.2) is 5.13 Å². The zero-order valence-corrected chi connectivity index (χ0v) is 13.5. The Morgan fingerprint density at radius 3 is 2.55 bits per heavy atom. The zero-order chi connectivity index (χ0) is 14.5. The summed E-state index contributed by atoms with van der Waals surface area (Å²) in [5, 5.41) is 4.34. The molecule has 0 aliphatic carbocycles. The first-order valence-electron chi connectivity index (χ1n) is 7.02. The third kappa shape index (κ3) is 3.58. The van der Waals surface area contributed by atoms with Crippen molar-refractivity contribution in [3.8, 4) is 11.3 Å². The Labute approximate surface area is 125 Å². The van der Waals surface area contributed by atoms with Gasteiger partial charge in [0, 0.05) is 30.6 Å². The Bertz CT molecular complexity index is 534. The minimum atomic E-state index is 0.636. The third-order valence-corrected chi connectivity index (χ3v) is 4.21. The maximum absolute atomic E-state index is 4.86. The number of aromatic nitrogens is 1. The minimum absolute atomic E-state index is 0.636. The summed E-state index contributed by atoms with van der Waals surface area (Å²) in [4.78, 5) is 8.40. The maximum Gasteiger partial charge on any atom is 0.185 e. The lowest BCUT2D eigenvalue weighted by Crippen LogP contribution is -2.22. The third-order valence-electron chi connectivity index (χ3n) is 3.04. The smallest absolute Gasteiger partial charge is 0.185 e. The van der Waals surface area contributed by atoms with Crippen LogP contribution >= 0.6 is 11.3 Å². The van der Waals surface area contributed by atoms with Gasteiger partial charge in [0.05, 0.1) is 5.69 Å². The Balaban J connectivity index is 2.33. The van der Waals surface area contributed by atoms with Gasteiger partial charge in [-0.2, -0.15) is 0 Å². The molecular formula is C16H23N3S. The van der Waals surface area contributed by atoms with Gasteiger partial charge in [-0.3, -0.25) is 0 Å². The summed E-state index contributed by atoms with van der Waals surface area (Å²) in [5.41, 5.74) is 2.30. The van der Waals surface area contributed by atoms with E-state index in [0.717, 1.165) is 23.9 Å². The van der Waals surface area contributed by atoms with Gasteiger partial charge in [-0.1, -0.05) is 55.5 Å². The van der Waals surface area contributed by atoms with E-state index in [1.165, 1.54) is 10.4 Å². The molecule has 1 aromatic heterocycles. The van der Waals surface area contributed by atoms with Crippen molar-refractivity contribution in [1.29, 1.82) is 0 Å². The average molecular weight is 289 g/mol. The standard InChI is InChI=1S/C16H23N3S/c1-12(2)11-19(4)16-18-15(14(20-16)10-17-3)13-8-6-5-7-9-13/h5-9,12,17H,10-11H2,1-4H3. The predicted molar refractivity (Wildman–Crippen MR) is 88.4 cm³/mol. The molecule has 0 bridgehead atoms. The SMILES string of the molecule is CNCc1sc(N(C)CC(C)C)nc1-c1ccccc1. The average Bonchev–Trinajstić information content (AvgIpc) is 2.84. The van der Waals surface area contributed by atoms with Gasteiger partial charge in [0.1, 0.15) is 0 Å². The molecule has 20 heavy (non-hydrogen) atoms. The Hall–Kier alpha value is -1.39. The van der Waals surface area contributed by atoms with Crippen molar-refractivity contribution >= 4 is 16.5 Å². The molecule has 1 heterocycles. The zero-order valence-electron chi connectivity index (χ0n) is 12.7. The van der Waals surface area contributed by atoms with E-state index in [4.69, 9.17) is 4.98 Å². The van der Waals surface area contributed by atoms with Crippen molar-refractivity contribution in [2.75, 3.05) is 25.5 Å². The van der Waals surface area contributed by atoms with Crippen LogP contribution in [-0.2, 0) is 6.54 Å². The van der Waals surface area contributed by atoms with E-state index in [1.54, 1.807) is 11.3 Å². The van der Waals surface area contributed by atoms with Crippen LogP contribution in [0.3, 0.4) is 0 Å². The van der Waals surface area contributed by atoms with Crippen molar-refractivity contribution in [2.45, 2.75) is 20.4 Å². The fourth-order valence-corrected chi connectivity index (χ4v) is 3.29. The fourth-order valence-electron chi connectivity index (χ4n) is 2.23. The molecule has 0 saturated heterocycles. The number of hydrogen-bond acceptors (Lipinski definition) is 4. The van der Waals surface area contributed by atoms with Crippen molar-refractivity contribution in [3.63, 3.8) is 0 Å². The molecule has 0 saturated carbocycles. The molecule has 3 nitrogen and oxygen atoms in total. The molecule has 0 spiro atoms. The molecule has 108 valence electrons. The van der Waals surface area contributed by atoms with Crippen LogP contribution in [0.5, 0.6) is 0 Å². The summed E-state index contributed by atoms with van der Waals surface area (Å²) in [6, 6.07) is 10.4. The number of hydrogen-bond donors (Lipinski definition) is 1. The first kappa shape index (κ1) is 15.0. The summed E-state index contributed by atoms with van der Waals surface area (Å²) in [7, 11) is 4.10. The van der Waals surface area contributed by atoms with Gasteiger partial charge in [-0.15, -0.1) is 0 Å². The number of anilines is 1. The van der Waals surface area contributed by atoms with Crippen LogP contribution in [0.4, 0.5) is 5.13 Å². The highest BCUT2D eigenvalue weighted by molar-refractivity contribution is 7.16. The quantitative estimate of drug-likeness (QED) is 0.880. The van der Waals surface area contributed by atoms with Crippen LogP contribution in [0.25, 0.3) is 11.3 Å². The number of nitrogens with zero attached hydrogens (tertiary/aromatic N) is 2. The highest BCUT2D eigenvalue weighted by Crippen LogP contribution is 2.32. The number of thiazole rings is 1. The van der Waals surface area contributed by atoms with Crippen LogP contribution in [0.1, 0.15) is 18.7 Å². The predicted octanol–water partition coefficient (Wildman–Crippen LogP) is 3.62. The second-order valence-electron chi connectivity index (χ2n) is 5.44. The van der Waals surface area contributed by atoms with E-state index in [1.807, 2.05) is 13.1 Å². The summed E-state index contributed by atoms with van der Waals surface area (Å²) < 4.78 is 0. The Kier molecular flexibility index (Phi) is 5.15. The van der Waals surface area contributed by atoms with E-state index in [0.29, 0.717) is 5.92 Å². The monoisotopic (exact) mass is 289 g/mol. The van der Waals surface area contributed by atoms with Crippen LogP contribution in [0.2, 0.25) is 0 Å². The van der Waals surface area contributed by atoms with E-state index in [2.05, 4.69) is 55.4 Å². The van der Waals surface area contributed by atoms with Crippen LogP contribution in [0, 0.1) is 5.92 Å². The van der Waals surface area contributed by atoms with Gasteiger partial charge in [-0.05, 0) is 13.0 Å². The van der Waals surface area contributed by atoms with Crippen LogP contribution < -0.4 is 10.2 Å². The molecule has 2 aromatic rings. The molecule has 0 aliphatic rings. The lowest BCUT2D eigenvalue weighted by Gasteiger charge is -2.17. The molecule has 1 aromatic carbocycles. The Morgan fingerprint density at radius 1 is 1.25 bits per heavy atom. The van der Waals surface area contributed by atoms with Crippen LogP contribution in [-0.4, -0.2) is 25.6 Å². The largest absolute Gasteiger partial charge is 0.351 e. The van der Waals surface area contributed by atoms with Gasteiger partial charge >= 0.3 is 0 Å². The molecule has 1 N–H and O–H groups in total. The lowest BCUT2D eigenvalue weighted by molar-refractivity contribution is 0.637. The van der Waals surface area contributed by atoms with Crippen molar-refractivity contribution in [3.05, 3.63) is 35.2 Å². The first-order valence-corrected chi connectivity index (χ1v) is 7.84. The number of nitrogens with one attached hydrogen (secondary N) is 1. The van der Waals surface area contributed by atoms with Crippen LogP contribution in [0.15, 0.2) is 30.3 Å². The molecule has 0 fully saturated rings.